The highest BCUT2D eigenvalue weighted by atomic mass is 35.5. The molecule has 0 bridgehead atoms. The van der Waals surface area contributed by atoms with Crippen LogP contribution in [-0.4, -0.2) is 19.1 Å². The van der Waals surface area contributed by atoms with Crippen LogP contribution >= 0.6 is 11.6 Å². The molecule has 24 heavy (non-hydrogen) atoms. The minimum atomic E-state index is -4.51. The van der Waals surface area contributed by atoms with Crippen molar-refractivity contribution in [2.24, 2.45) is 0 Å². The zero-order chi connectivity index (χ0) is 17.6. The van der Waals surface area contributed by atoms with Gasteiger partial charge in [0.15, 0.2) is 0 Å². The summed E-state index contributed by atoms with van der Waals surface area (Å²) in [6.45, 7) is 0.139. The van der Waals surface area contributed by atoms with E-state index in [1.54, 1.807) is 24.3 Å². The molecule has 0 radical (unpaired) electrons. The lowest BCUT2D eigenvalue weighted by Crippen LogP contribution is -2.26. The number of benzene rings is 2. The van der Waals surface area contributed by atoms with Crippen LogP contribution < -0.4 is 10.2 Å². The Labute approximate surface area is 141 Å². The summed E-state index contributed by atoms with van der Waals surface area (Å²) in [5.41, 5.74) is 1.01. The first-order valence-corrected chi connectivity index (χ1v) is 7.22. The molecule has 128 valence electrons. The maximum Gasteiger partial charge on any atom is 0.416 e. The summed E-state index contributed by atoms with van der Waals surface area (Å²) in [5.74, 6) is -0.237. The third-order valence-corrected chi connectivity index (χ3v) is 3.10. The van der Waals surface area contributed by atoms with Crippen LogP contribution in [0.4, 0.5) is 13.2 Å². The number of halogens is 4. The molecule has 2 aromatic rings. The van der Waals surface area contributed by atoms with Gasteiger partial charge in [-0.3, -0.25) is 9.63 Å². The number of alkyl halides is 3. The lowest BCUT2D eigenvalue weighted by atomic mass is 10.1. The largest absolute Gasteiger partial charge is 0.491 e. The molecule has 4 nitrogen and oxygen atoms in total. The van der Waals surface area contributed by atoms with Crippen molar-refractivity contribution in [3.8, 4) is 5.75 Å². The molecule has 0 aliphatic carbocycles. The molecular formula is C16H13ClF3NO3. The van der Waals surface area contributed by atoms with Crippen LogP contribution in [0.15, 0.2) is 48.5 Å². The maximum absolute atomic E-state index is 12.6. The van der Waals surface area contributed by atoms with Gasteiger partial charge in [-0.2, -0.15) is 13.2 Å². The van der Waals surface area contributed by atoms with Gasteiger partial charge in [0, 0.05) is 10.6 Å². The second kappa shape index (κ2) is 8.03. The number of hydrogen-bond donors (Lipinski definition) is 1. The second-order valence-corrected chi connectivity index (χ2v) is 5.10. The maximum atomic E-state index is 12.6. The molecular weight excluding hydrogens is 347 g/mol. The Balaban J connectivity index is 1.77. The first-order valence-electron chi connectivity index (χ1n) is 6.84. The van der Waals surface area contributed by atoms with Crippen LogP contribution in [0.1, 0.15) is 15.9 Å². The molecule has 0 heterocycles. The molecule has 0 aliphatic rings. The molecule has 0 aliphatic heterocycles. The summed E-state index contributed by atoms with van der Waals surface area (Å²) in [7, 11) is 0. The van der Waals surface area contributed by atoms with Crippen molar-refractivity contribution in [1.82, 2.24) is 5.48 Å². The van der Waals surface area contributed by atoms with Crippen molar-refractivity contribution in [3.63, 3.8) is 0 Å². The number of rotatable bonds is 6. The zero-order valence-corrected chi connectivity index (χ0v) is 13.0. The van der Waals surface area contributed by atoms with Gasteiger partial charge in [0.2, 0.25) is 0 Å². The molecule has 1 amide bonds. The van der Waals surface area contributed by atoms with Crippen LogP contribution in [0.5, 0.6) is 5.75 Å². The first-order chi connectivity index (χ1) is 11.4. The molecule has 1 N–H and O–H groups in total. The summed E-state index contributed by atoms with van der Waals surface area (Å²) in [6, 6.07) is 10.8. The SMILES string of the molecule is O=C(NOCCOc1cccc(Cl)c1)c1cccc(C(F)(F)F)c1. The Morgan fingerprint density at radius 1 is 1.08 bits per heavy atom. The Morgan fingerprint density at radius 3 is 2.54 bits per heavy atom. The van der Waals surface area contributed by atoms with Gasteiger partial charge in [-0.05, 0) is 36.4 Å². The van der Waals surface area contributed by atoms with E-state index >= 15 is 0 Å². The lowest BCUT2D eigenvalue weighted by molar-refractivity contribution is -0.137. The van der Waals surface area contributed by atoms with Crippen LogP contribution in [0, 0.1) is 0 Å². The van der Waals surface area contributed by atoms with Crippen molar-refractivity contribution in [3.05, 3.63) is 64.7 Å². The molecule has 2 aromatic carbocycles. The topological polar surface area (TPSA) is 47.6 Å². The molecule has 8 heteroatoms. The molecule has 0 spiro atoms. The number of hydroxylamine groups is 1. The normalized spacial score (nSPS) is 11.2. The van der Waals surface area contributed by atoms with Gasteiger partial charge >= 0.3 is 6.18 Å². The third kappa shape index (κ3) is 5.43. The molecule has 0 saturated heterocycles. The van der Waals surface area contributed by atoms with Gasteiger partial charge in [0.25, 0.3) is 5.91 Å². The van der Waals surface area contributed by atoms with E-state index in [-0.39, 0.29) is 18.8 Å². The molecule has 2 rings (SSSR count). The van der Waals surface area contributed by atoms with E-state index in [0.717, 1.165) is 18.2 Å². The Kier molecular flexibility index (Phi) is 6.05. The highest BCUT2D eigenvalue weighted by Gasteiger charge is 2.30. The Hall–Kier alpha value is -2.25. The van der Waals surface area contributed by atoms with E-state index in [9.17, 15) is 18.0 Å². The van der Waals surface area contributed by atoms with E-state index in [2.05, 4.69) is 5.48 Å². The quantitative estimate of drug-likeness (QED) is 0.624. The fraction of sp³-hybridized carbons (Fsp3) is 0.188. The van der Waals surface area contributed by atoms with Gasteiger partial charge in [0.05, 0.1) is 5.56 Å². The number of nitrogens with one attached hydrogen (secondary N) is 1. The highest BCUT2D eigenvalue weighted by Crippen LogP contribution is 2.29. The predicted octanol–water partition coefficient (Wildman–Crippen LogP) is 4.10. The number of carbonyl (C=O) groups excluding carboxylic acids is 1. The van der Waals surface area contributed by atoms with Gasteiger partial charge in [-0.1, -0.05) is 23.7 Å². The Bertz CT molecular complexity index is 707. The molecule has 0 unspecified atom stereocenters. The third-order valence-electron chi connectivity index (χ3n) is 2.87. The number of carbonyl (C=O) groups is 1. The van der Waals surface area contributed by atoms with Crippen molar-refractivity contribution in [2.75, 3.05) is 13.2 Å². The average molecular weight is 360 g/mol. The fourth-order valence-electron chi connectivity index (χ4n) is 1.77. The smallest absolute Gasteiger partial charge is 0.416 e. The molecule has 0 fully saturated rings. The number of hydrogen-bond acceptors (Lipinski definition) is 3. The minimum Gasteiger partial charge on any atom is -0.491 e. The van der Waals surface area contributed by atoms with Gasteiger partial charge in [-0.25, -0.2) is 5.48 Å². The summed E-state index contributed by atoms with van der Waals surface area (Å²) in [6.07, 6.45) is -4.51. The van der Waals surface area contributed by atoms with Crippen molar-refractivity contribution in [1.29, 1.82) is 0 Å². The van der Waals surface area contributed by atoms with Crippen LogP contribution in [0.3, 0.4) is 0 Å². The zero-order valence-electron chi connectivity index (χ0n) is 12.3. The first kappa shape index (κ1) is 18.1. The van der Waals surface area contributed by atoms with Crippen LogP contribution in [-0.2, 0) is 11.0 Å². The second-order valence-electron chi connectivity index (χ2n) is 4.66. The van der Waals surface area contributed by atoms with Crippen molar-refractivity contribution >= 4 is 17.5 Å². The summed E-state index contributed by atoms with van der Waals surface area (Å²) in [5, 5.41) is 0.520. The minimum absolute atomic E-state index is 0.0111. The number of ether oxygens (including phenoxy) is 1. The van der Waals surface area contributed by atoms with Gasteiger partial charge in [-0.15, -0.1) is 0 Å². The van der Waals surface area contributed by atoms with E-state index in [0.29, 0.717) is 10.8 Å². The van der Waals surface area contributed by atoms with Crippen LogP contribution in [0.25, 0.3) is 0 Å². The van der Waals surface area contributed by atoms with Crippen molar-refractivity contribution in [2.45, 2.75) is 6.18 Å². The summed E-state index contributed by atoms with van der Waals surface area (Å²) >= 11 is 5.79. The summed E-state index contributed by atoms with van der Waals surface area (Å²) in [4.78, 5) is 16.6. The van der Waals surface area contributed by atoms with E-state index in [4.69, 9.17) is 21.2 Å². The van der Waals surface area contributed by atoms with Crippen LogP contribution in [0.2, 0.25) is 5.02 Å². The highest BCUT2D eigenvalue weighted by molar-refractivity contribution is 6.30. The predicted molar refractivity (Wildman–Crippen MR) is 81.8 cm³/mol. The summed E-state index contributed by atoms with van der Waals surface area (Å²) < 4.78 is 43.1. The molecule has 0 saturated carbocycles. The Morgan fingerprint density at radius 2 is 1.83 bits per heavy atom. The van der Waals surface area contributed by atoms with E-state index < -0.39 is 17.6 Å². The van der Waals surface area contributed by atoms with E-state index in [1.807, 2.05) is 0 Å². The van der Waals surface area contributed by atoms with Crippen molar-refractivity contribution < 1.29 is 27.5 Å². The standard InChI is InChI=1S/C16H13ClF3NO3/c17-13-5-2-6-14(10-13)23-7-8-24-21-15(22)11-3-1-4-12(9-11)16(18,19)20/h1-6,9-10H,7-8H2,(H,21,22). The van der Waals surface area contributed by atoms with Gasteiger partial charge < -0.3 is 4.74 Å². The fourth-order valence-corrected chi connectivity index (χ4v) is 1.95. The number of amides is 1. The van der Waals surface area contributed by atoms with Gasteiger partial charge in [0.1, 0.15) is 19.0 Å². The molecule has 0 aromatic heterocycles. The monoisotopic (exact) mass is 359 g/mol. The molecule has 0 atom stereocenters. The van der Waals surface area contributed by atoms with E-state index in [1.165, 1.54) is 6.07 Å². The lowest BCUT2D eigenvalue weighted by Gasteiger charge is -2.10. The average Bonchev–Trinajstić information content (AvgIpc) is 2.54.